The third-order valence-electron chi connectivity index (χ3n) is 1.83. The van der Waals surface area contributed by atoms with Crippen LogP contribution in [-0.2, 0) is 0 Å². The molecule has 0 spiro atoms. The maximum atomic E-state index is 13.4. The molecule has 0 aliphatic rings. The largest absolute Gasteiger partial charge is 0.434 e. The summed E-state index contributed by atoms with van der Waals surface area (Å²) in [6, 6.07) is 2.93. The zero-order chi connectivity index (χ0) is 11.7. The van der Waals surface area contributed by atoms with Gasteiger partial charge in [0.15, 0.2) is 0 Å². The second-order valence-corrected chi connectivity index (χ2v) is 2.84. The quantitative estimate of drug-likeness (QED) is 0.608. The van der Waals surface area contributed by atoms with Gasteiger partial charge in [-0.05, 0) is 6.07 Å². The van der Waals surface area contributed by atoms with Gasteiger partial charge in [-0.1, -0.05) is 0 Å². The maximum absolute atomic E-state index is 13.4. The standard InChI is InChI=1S/C8H4FN3O4/c9-6-3-4(12(14)15)1-2-5(6)7-10-11-8(13)16-7/h1-3H,(H,11,13). The molecule has 0 saturated heterocycles. The number of nitrogens with one attached hydrogen (secondary N) is 1. The molecule has 1 N–H and O–H groups in total. The summed E-state index contributed by atoms with van der Waals surface area (Å²) in [5.41, 5.74) is -0.511. The molecule has 0 atom stereocenters. The van der Waals surface area contributed by atoms with E-state index in [-0.39, 0.29) is 17.1 Å². The Kier molecular flexibility index (Phi) is 2.24. The van der Waals surface area contributed by atoms with Crippen molar-refractivity contribution in [2.75, 3.05) is 0 Å². The summed E-state index contributed by atoms with van der Waals surface area (Å²) in [6.07, 6.45) is 0. The van der Waals surface area contributed by atoms with Crippen LogP contribution < -0.4 is 5.76 Å². The zero-order valence-electron chi connectivity index (χ0n) is 7.64. The molecule has 0 radical (unpaired) electrons. The number of rotatable bonds is 2. The van der Waals surface area contributed by atoms with E-state index in [0.29, 0.717) is 0 Å². The number of aromatic nitrogens is 2. The summed E-state index contributed by atoms with van der Waals surface area (Å²) in [5, 5.41) is 15.7. The lowest BCUT2D eigenvalue weighted by molar-refractivity contribution is -0.385. The fraction of sp³-hybridized carbons (Fsp3) is 0. The van der Waals surface area contributed by atoms with Gasteiger partial charge in [0, 0.05) is 6.07 Å². The molecule has 8 heteroatoms. The van der Waals surface area contributed by atoms with Crippen LogP contribution in [0, 0.1) is 15.9 Å². The minimum absolute atomic E-state index is 0.121. The van der Waals surface area contributed by atoms with E-state index in [1.54, 1.807) is 0 Å². The number of nitro groups is 1. The van der Waals surface area contributed by atoms with Gasteiger partial charge in [-0.2, -0.15) is 0 Å². The van der Waals surface area contributed by atoms with Crippen molar-refractivity contribution in [2.24, 2.45) is 0 Å². The van der Waals surface area contributed by atoms with Crippen molar-refractivity contribution >= 4 is 5.69 Å². The van der Waals surface area contributed by atoms with Crippen LogP contribution in [0.2, 0.25) is 0 Å². The van der Waals surface area contributed by atoms with Crippen molar-refractivity contribution in [3.8, 4) is 11.5 Å². The van der Waals surface area contributed by atoms with Crippen LogP contribution >= 0.6 is 0 Å². The van der Waals surface area contributed by atoms with E-state index in [2.05, 4.69) is 9.52 Å². The summed E-state index contributed by atoms with van der Waals surface area (Å²) in [7, 11) is 0. The van der Waals surface area contributed by atoms with Crippen LogP contribution in [0.3, 0.4) is 0 Å². The molecule has 0 unspecified atom stereocenters. The second-order valence-electron chi connectivity index (χ2n) is 2.84. The molecule has 0 saturated carbocycles. The van der Waals surface area contributed by atoms with Crippen LogP contribution in [-0.4, -0.2) is 15.1 Å². The fourth-order valence-corrected chi connectivity index (χ4v) is 1.14. The number of H-pyrrole nitrogens is 1. The van der Waals surface area contributed by atoms with Gasteiger partial charge in [-0.25, -0.2) is 14.3 Å². The van der Waals surface area contributed by atoms with Crippen LogP contribution in [0.5, 0.6) is 0 Å². The lowest BCUT2D eigenvalue weighted by atomic mass is 10.2. The molecule has 0 bridgehead atoms. The number of nitro benzene ring substituents is 1. The van der Waals surface area contributed by atoms with E-state index in [0.717, 1.165) is 18.2 Å². The molecule has 16 heavy (non-hydrogen) atoms. The number of hydrogen-bond acceptors (Lipinski definition) is 5. The average molecular weight is 225 g/mol. The molecule has 0 fully saturated rings. The normalized spacial score (nSPS) is 10.3. The number of benzene rings is 1. The van der Waals surface area contributed by atoms with E-state index in [1.165, 1.54) is 0 Å². The van der Waals surface area contributed by atoms with E-state index in [9.17, 15) is 19.3 Å². The molecule has 0 amide bonds. The van der Waals surface area contributed by atoms with E-state index in [4.69, 9.17) is 0 Å². The molecule has 1 heterocycles. The molecule has 82 valence electrons. The predicted octanol–water partition coefficient (Wildman–Crippen LogP) is 1.08. The van der Waals surface area contributed by atoms with Gasteiger partial charge in [0.1, 0.15) is 5.82 Å². The molecular formula is C8H4FN3O4. The van der Waals surface area contributed by atoms with Crippen molar-refractivity contribution in [3.05, 3.63) is 44.7 Å². The van der Waals surface area contributed by atoms with Crippen molar-refractivity contribution in [3.63, 3.8) is 0 Å². The topological polar surface area (TPSA) is 102 Å². The number of hydrogen-bond donors (Lipinski definition) is 1. The third kappa shape index (κ3) is 1.67. The Balaban J connectivity index is 2.51. The van der Waals surface area contributed by atoms with Crippen LogP contribution in [0.25, 0.3) is 11.5 Å². The summed E-state index contributed by atoms with van der Waals surface area (Å²) >= 11 is 0. The van der Waals surface area contributed by atoms with Gasteiger partial charge in [0.25, 0.3) is 11.6 Å². The summed E-state index contributed by atoms with van der Waals surface area (Å²) in [5.74, 6) is -1.96. The monoisotopic (exact) mass is 225 g/mol. The summed E-state index contributed by atoms with van der Waals surface area (Å²) in [6.45, 7) is 0. The first kappa shape index (κ1) is 10.0. The summed E-state index contributed by atoms with van der Waals surface area (Å²) in [4.78, 5) is 20.3. The van der Waals surface area contributed by atoms with Gasteiger partial charge in [-0.3, -0.25) is 10.1 Å². The maximum Gasteiger partial charge on any atom is 0.434 e. The molecule has 0 aliphatic heterocycles. The molecule has 1 aromatic heterocycles. The smallest absolute Gasteiger partial charge is 0.388 e. The highest BCUT2D eigenvalue weighted by Crippen LogP contribution is 2.23. The predicted molar refractivity (Wildman–Crippen MR) is 49.2 cm³/mol. The SMILES string of the molecule is O=c1[nH]nc(-c2ccc([N+](=O)[O-])cc2F)o1. The van der Waals surface area contributed by atoms with Crippen molar-refractivity contribution in [1.29, 1.82) is 0 Å². The first-order valence-corrected chi connectivity index (χ1v) is 4.08. The first-order valence-electron chi connectivity index (χ1n) is 4.08. The molecule has 7 nitrogen and oxygen atoms in total. The van der Waals surface area contributed by atoms with Crippen LogP contribution in [0.4, 0.5) is 10.1 Å². The molecule has 0 aliphatic carbocycles. The highest BCUT2D eigenvalue weighted by molar-refractivity contribution is 5.56. The minimum atomic E-state index is -0.885. The van der Waals surface area contributed by atoms with Gasteiger partial charge >= 0.3 is 5.76 Å². The molecular weight excluding hydrogens is 221 g/mol. The average Bonchev–Trinajstić information content (AvgIpc) is 2.64. The van der Waals surface area contributed by atoms with Crippen molar-refractivity contribution in [2.45, 2.75) is 0 Å². The van der Waals surface area contributed by atoms with E-state index >= 15 is 0 Å². The van der Waals surface area contributed by atoms with E-state index < -0.39 is 16.5 Å². The van der Waals surface area contributed by atoms with Gasteiger partial charge in [-0.15, -0.1) is 5.10 Å². The Hall–Kier alpha value is -2.51. The number of nitrogens with zero attached hydrogens (tertiary/aromatic N) is 2. The Labute approximate surface area is 86.7 Å². The number of aromatic amines is 1. The van der Waals surface area contributed by atoms with Crippen molar-refractivity contribution < 1.29 is 13.7 Å². The first-order chi connectivity index (χ1) is 7.58. The van der Waals surface area contributed by atoms with Crippen LogP contribution in [0.1, 0.15) is 0 Å². The number of halogens is 1. The minimum Gasteiger partial charge on any atom is -0.388 e. The third-order valence-corrected chi connectivity index (χ3v) is 1.83. The Morgan fingerprint density at radius 3 is 2.75 bits per heavy atom. The highest BCUT2D eigenvalue weighted by Gasteiger charge is 2.15. The Bertz CT molecular complexity index is 603. The molecule has 2 rings (SSSR count). The highest BCUT2D eigenvalue weighted by atomic mass is 19.1. The Morgan fingerprint density at radius 2 is 2.25 bits per heavy atom. The van der Waals surface area contributed by atoms with Crippen molar-refractivity contribution in [1.82, 2.24) is 10.2 Å². The Morgan fingerprint density at radius 1 is 1.50 bits per heavy atom. The van der Waals surface area contributed by atoms with Crippen LogP contribution in [0.15, 0.2) is 27.4 Å². The number of non-ortho nitro benzene ring substituents is 1. The lowest BCUT2D eigenvalue weighted by Crippen LogP contribution is -1.93. The van der Waals surface area contributed by atoms with Gasteiger partial charge < -0.3 is 4.42 Å². The molecule has 2 aromatic rings. The second kappa shape index (κ2) is 3.57. The van der Waals surface area contributed by atoms with E-state index in [1.807, 2.05) is 5.10 Å². The fourth-order valence-electron chi connectivity index (χ4n) is 1.14. The lowest BCUT2D eigenvalue weighted by Gasteiger charge is -1.96. The van der Waals surface area contributed by atoms with Gasteiger partial charge in [0.05, 0.1) is 16.6 Å². The van der Waals surface area contributed by atoms with Gasteiger partial charge in [0.2, 0.25) is 0 Å². The molecule has 1 aromatic carbocycles. The summed E-state index contributed by atoms with van der Waals surface area (Å²) < 4.78 is 17.9. The zero-order valence-corrected chi connectivity index (χ0v) is 7.64.